The van der Waals surface area contributed by atoms with Crippen LogP contribution in [0.4, 0.5) is 5.95 Å². The van der Waals surface area contributed by atoms with Gasteiger partial charge in [0.25, 0.3) is 0 Å². The largest absolute Gasteiger partial charge is 0.381 e. The summed E-state index contributed by atoms with van der Waals surface area (Å²) in [6.45, 7) is 17.3. The van der Waals surface area contributed by atoms with Crippen LogP contribution in [0.5, 0.6) is 0 Å². The average molecular weight is 560 g/mol. The van der Waals surface area contributed by atoms with Crippen molar-refractivity contribution in [2.24, 2.45) is 0 Å². The van der Waals surface area contributed by atoms with Gasteiger partial charge in [0.2, 0.25) is 5.95 Å². The van der Waals surface area contributed by atoms with Crippen LogP contribution in [-0.4, -0.2) is 73.4 Å². The van der Waals surface area contributed by atoms with Crippen LogP contribution in [-0.2, 0) is 4.74 Å². The predicted octanol–water partition coefficient (Wildman–Crippen LogP) is 7.98. The van der Waals surface area contributed by atoms with E-state index in [1.54, 1.807) is 0 Å². The zero-order chi connectivity index (χ0) is 28.7. The standard InChI is InChI=1S/C34H65N5O/c1-5-8-10-12-14-19-33(20-15-13-11-9-6-2)35-21-16-27-40-28-17-22-38-23-25-39(26-24-38)34-36-29-32(30-37-34)31(4)18-7-3/h29-31,33,35H,5-28H2,1-4H3. The molecule has 0 saturated carbocycles. The van der Waals surface area contributed by atoms with Crippen molar-refractivity contribution in [3.8, 4) is 0 Å². The first-order valence-electron chi connectivity index (χ1n) is 17.3. The maximum Gasteiger partial charge on any atom is 0.225 e. The van der Waals surface area contributed by atoms with E-state index in [1.807, 2.05) is 12.4 Å². The van der Waals surface area contributed by atoms with E-state index in [-0.39, 0.29) is 0 Å². The molecule has 0 amide bonds. The van der Waals surface area contributed by atoms with Gasteiger partial charge < -0.3 is 15.0 Å². The van der Waals surface area contributed by atoms with E-state index in [0.717, 1.165) is 71.3 Å². The van der Waals surface area contributed by atoms with Crippen LogP contribution in [0.25, 0.3) is 0 Å². The summed E-state index contributed by atoms with van der Waals surface area (Å²) in [4.78, 5) is 14.2. The molecular formula is C34H65N5O. The zero-order valence-electron chi connectivity index (χ0n) is 27.0. The molecule has 2 rings (SSSR count). The molecule has 0 aliphatic carbocycles. The van der Waals surface area contributed by atoms with Gasteiger partial charge in [-0.25, -0.2) is 9.97 Å². The molecule has 1 atom stereocenters. The minimum atomic E-state index is 0.543. The molecule has 1 aromatic rings. The molecule has 232 valence electrons. The lowest BCUT2D eigenvalue weighted by molar-refractivity contribution is 0.116. The SMILES string of the molecule is CCCCCCCC(CCCCCCC)NCCCOCCCN1CCN(c2ncc(C(C)CCC)cn2)CC1. The number of aromatic nitrogens is 2. The van der Waals surface area contributed by atoms with E-state index < -0.39 is 0 Å². The van der Waals surface area contributed by atoms with Gasteiger partial charge in [-0.15, -0.1) is 0 Å². The van der Waals surface area contributed by atoms with Crippen molar-refractivity contribution >= 4 is 5.95 Å². The van der Waals surface area contributed by atoms with E-state index in [1.165, 1.54) is 95.5 Å². The van der Waals surface area contributed by atoms with Crippen LogP contribution < -0.4 is 10.2 Å². The van der Waals surface area contributed by atoms with Crippen LogP contribution in [0.3, 0.4) is 0 Å². The molecule has 6 nitrogen and oxygen atoms in total. The Labute approximate surface area is 248 Å². The Morgan fingerprint density at radius 1 is 0.725 bits per heavy atom. The van der Waals surface area contributed by atoms with Gasteiger partial charge in [-0.2, -0.15) is 0 Å². The Morgan fingerprint density at radius 2 is 1.32 bits per heavy atom. The number of hydrogen-bond donors (Lipinski definition) is 1. The van der Waals surface area contributed by atoms with Gasteiger partial charge >= 0.3 is 0 Å². The van der Waals surface area contributed by atoms with Gasteiger partial charge in [0.05, 0.1) is 0 Å². The number of ether oxygens (including phenoxy) is 1. The number of nitrogens with one attached hydrogen (secondary N) is 1. The average Bonchev–Trinajstić information content (AvgIpc) is 2.98. The lowest BCUT2D eigenvalue weighted by atomic mass is 10.00. The van der Waals surface area contributed by atoms with E-state index >= 15 is 0 Å². The molecule has 1 fully saturated rings. The number of rotatable bonds is 25. The first-order chi connectivity index (χ1) is 19.7. The summed E-state index contributed by atoms with van der Waals surface area (Å²) in [5.41, 5.74) is 1.26. The van der Waals surface area contributed by atoms with E-state index in [4.69, 9.17) is 4.74 Å². The van der Waals surface area contributed by atoms with Gasteiger partial charge in [0.1, 0.15) is 0 Å². The highest BCUT2D eigenvalue weighted by molar-refractivity contribution is 5.31. The van der Waals surface area contributed by atoms with Crippen molar-refractivity contribution < 1.29 is 4.74 Å². The molecule has 1 unspecified atom stereocenters. The first-order valence-corrected chi connectivity index (χ1v) is 17.3. The quantitative estimate of drug-likeness (QED) is 0.123. The molecule has 0 radical (unpaired) electrons. The molecule has 0 aromatic carbocycles. The van der Waals surface area contributed by atoms with Crippen molar-refractivity contribution in [3.05, 3.63) is 18.0 Å². The third-order valence-electron chi connectivity index (χ3n) is 8.58. The van der Waals surface area contributed by atoms with Crippen molar-refractivity contribution in [2.75, 3.05) is 57.4 Å². The second-order valence-electron chi connectivity index (χ2n) is 12.2. The highest BCUT2D eigenvalue weighted by atomic mass is 16.5. The predicted molar refractivity (Wildman–Crippen MR) is 173 cm³/mol. The molecule has 2 heterocycles. The molecule has 40 heavy (non-hydrogen) atoms. The van der Waals surface area contributed by atoms with Gasteiger partial charge in [-0.1, -0.05) is 98.3 Å². The summed E-state index contributed by atoms with van der Waals surface area (Å²) in [5, 5.41) is 3.87. The Kier molecular flexibility index (Phi) is 20.4. The normalized spacial score (nSPS) is 15.3. The van der Waals surface area contributed by atoms with E-state index in [0.29, 0.717) is 12.0 Å². The van der Waals surface area contributed by atoms with Gasteiger partial charge in [-0.05, 0) is 50.1 Å². The lowest BCUT2D eigenvalue weighted by Crippen LogP contribution is -2.47. The van der Waals surface area contributed by atoms with Crippen LogP contribution in [0.2, 0.25) is 0 Å². The van der Waals surface area contributed by atoms with Crippen molar-refractivity contribution in [1.82, 2.24) is 20.2 Å². The first kappa shape index (κ1) is 35.0. The lowest BCUT2D eigenvalue weighted by Gasteiger charge is -2.34. The van der Waals surface area contributed by atoms with Gasteiger partial charge in [0, 0.05) is 64.4 Å². The number of hydrogen-bond acceptors (Lipinski definition) is 6. The minimum Gasteiger partial charge on any atom is -0.381 e. The molecule has 0 bridgehead atoms. The molecular weight excluding hydrogens is 494 g/mol. The van der Waals surface area contributed by atoms with Crippen molar-refractivity contribution in [2.45, 2.75) is 142 Å². The number of nitrogens with zero attached hydrogens (tertiary/aromatic N) is 4. The van der Waals surface area contributed by atoms with Crippen molar-refractivity contribution in [1.29, 1.82) is 0 Å². The van der Waals surface area contributed by atoms with Crippen LogP contribution >= 0.6 is 0 Å². The summed E-state index contributed by atoms with van der Waals surface area (Å²) >= 11 is 0. The third kappa shape index (κ3) is 15.7. The fourth-order valence-corrected chi connectivity index (χ4v) is 5.83. The highest BCUT2D eigenvalue weighted by Gasteiger charge is 2.19. The molecule has 1 aliphatic rings. The second-order valence-corrected chi connectivity index (χ2v) is 12.2. The van der Waals surface area contributed by atoms with Gasteiger partial charge in [0.15, 0.2) is 0 Å². The summed E-state index contributed by atoms with van der Waals surface area (Å²) in [6.07, 6.45) is 25.2. The Bertz CT molecular complexity index is 678. The second kappa shape index (κ2) is 23.3. The summed E-state index contributed by atoms with van der Waals surface area (Å²) in [7, 11) is 0. The number of piperazine rings is 1. The minimum absolute atomic E-state index is 0.543. The molecule has 6 heteroatoms. The number of unbranched alkanes of at least 4 members (excludes halogenated alkanes) is 8. The molecule has 0 spiro atoms. The monoisotopic (exact) mass is 560 g/mol. The third-order valence-corrected chi connectivity index (χ3v) is 8.58. The Morgan fingerprint density at radius 3 is 1.93 bits per heavy atom. The molecule has 1 aliphatic heterocycles. The summed E-state index contributed by atoms with van der Waals surface area (Å²) in [5.74, 6) is 1.43. The van der Waals surface area contributed by atoms with Crippen LogP contribution in [0, 0.1) is 0 Å². The van der Waals surface area contributed by atoms with E-state index in [9.17, 15) is 0 Å². The highest BCUT2D eigenvalue weighted by Crippen LogP contribution is 2.20. The van der Waals surface area contributed by atoms with Crippen LogP contribution in [0.1, 0.15) is 142 Å². The molecule has 1 aromatic heterocycles. The summed E-state index contributed by atoms with van der Waals surface area (Å²) in [6, 6.07) is 0.704. The van der Waals surface area contributed by atoms with Gasteiger partial charge in [-0.3, -0.25) is 4.90 Å². The topological polar surface area (TPSA) is 53.5 Å². The smallest absolute Gasteiger partial charge is 0.225 e. The molecule has 1 saturated heterocycles. The molecule has 1 N–H and O–H groups in total. The maximum atomic E-state index is 6.00. The summed E-state index contributed by atoms with van der Waals surface area (Å²) < 4.78 is 6.00. The van der Waals surface area contributed by atoms with E-state index in [2.05, 4.69) is 52.8 Å². The van der Waals surface area contributed by atoms with Crippen LogP contribution in [0.15, 0.2) is 12.4 Å². The fraction of sp³-hybridized carbons (Fsp3) is 0.882. The Hall–Kier alpha value is -1.24. The maximum absolute atomic E-state index is 6.00. The zero-order valence-corrected chi connectivity index (χ0v) is 27.0. The van der Waals surface area contributed by atoms with Crippen molar-refractivity contribution in [3.63, 3.8) is 0 Å². The fourth-order valence-electron chi connectivity index (χ4n) is 5.83. The number of anilines is 1. The Balaban J connectivity index is 1.51.